The summed E-state index contributed by atoms with van der Waals surface area (Å²) in [5.41, 5.74) is 0.879. The first-order chi connectivity index (χ1) is 4.72. The number of piperidine rings is 1. The second-order valence-corrected chi connectivity index (χ2v) is 2.74. The lowest BCUT2D eigenvalue weighted by Crippen LogP contribution is -2.33. The Morgan fingerprint density at radius 2 is 2.30 bits per heavy atom. The Morgan fingerprint density at radius 3 is 2.70 bits per heavy atom. The van der Waals surface area contributed by atoms with Crippen LogP contribution in [0.3, 0.4) is 0 Å². The Balaban J connectivity index is 2.56. The van der Waals surface area contributed by atoms with Crippen LogP contribution in [0.5, 0.6) is 0 Å². The van der Waals surface area contributed by atoms with Crippen LogP contribution < -0.4 is 0 Å². The van der Waals surface area contributed by atoms with E-state index in [4.69, 9.17) is 0 Å². The summed E-state index contributed by atoms with van der Waals surface area (Å²) < 4.78 is 0. The molecule has 1 saturated heterocycles. The van der Waals surface area contributed by atoms with Gasteiger partial charge in [-0.2, -0.15) is 0 Å². The number of carbonyl (C=O) groups is 1. The fraction of sp³-hybridized carbons (Fsp3) is 0.625. The maximum Gasteiger partial charge on any atom is 0.226 e. The molecule has 1 heterocycles. The number of nitrogens with zero attached hydrogens (tertiary/aromatic N) is 1. The van der Waals surface area contributed by atoms with Gasteiger partial charge in [-0.15, -0.1) is 0 Å². The summed E-state index contributed by atoms with van der Waals surface area (Å²) in [7, 11) is 0. The van der Waals surface area contributed by atoms with Gasteiger partial charge in [0.15, 0.2) is 0 Å². The molecule has 1 amide bonds. The van der Waals surface area contributed by atoms with Crippen LogP contribution in [-0.4, -0.2) is 17.4 Å². The third kappa shape index (κ3) is 1.38. The third-order valence-electron chi connectivity index (χ3n) is 1.78. The van der Waals surface area contributed by atoms with Crippen molar-refractivity contribution in [3.8, 4) is 0 Å². The number of rotatable bonds is 1. The first-order valence-corrected chi connectivity index (χ1v) is 3.67. The van der Waals surface area contributed by atoms with Gasteiger partial charge in [-0.3, -0.25) is 4.79 Å². The Labute approximate surface area is 61.5 Å². The molecule has 0 unspecified atom stereocenters. The molecule has 0 saturated carbocycles. The molecule has 2 heteroatoms. The maximum absolute atomic E-state index is 11.1. The number of hydrogen-bond donors (Lipinski definition) is 0. The smallest absolute Gasteiger partial charge is 0.226 e. The van der Waals surface area contributed by atoms with Gasteiger partial charge in [0, 0.05) is 18.7 Å². The molecule has 1 aliphatic rings. The molecule has 0 atom stereocenters. The number of hydrogen-bond acceptors (Lipinski definition) is 1. The zero-order valence-electron chi connectivity index (χ0n) is 6.39. The van der Waals surface area contributed by atoms with Gasteiger partial charge in [0.1, 0.15) is 0 Å². The highest BCUT2D eigenvalue weighted by Gasteiger charge is 2.17. The minimum absolute atomic E-state index is 0.235. The molecule has 56 valence electrons. The largest absolute Gasteiger partial charge is 0.317 e. The second kappa shape index (κ2) is 2.86. The van der Waals surface area contributed by atoms with Crippen LogP contribution in [0.2, 0.25) is 0 Å². The fourth-order valence-corrected chi connectivity index (χ4v) is 1.21. The van der Waals surface area contributed by atoms with Crippen molar-refractivity contribution in [2.24, 2.45) is 0 Å². The fourth-order valence-electron chi connectivity index (χ4n) is 1.21. The average molecular weight is 139 g/mol. The van der Waals surface area contributed by atoms with E-state index in [9.17, 15) is 4.79 Å². The van der Waals surface area contributed by atoms with Crippen molar-refractivity contribution in [3.63, 3.8) is 0 Å². The van der Waals surface area contributed by atoms with E-state index in [-0.39, 0.29) is 5.91 Å². The van der Waals surface area contributed by atoms with Crippen molar-refractivity contribution >= 4 is 5.91 Å². The van der Waals surface area contributed by atoms with E-state index in [1.54, 1.807) is 4.90 Å². The molecule has 0 aromatic rings. The van der Waals surface area contributed by atoms with Crippen LogP contribution in [0.4, 0.5) is 0 Å². The predicted molar refractivity (Wildman–Crippen MR) is 40.4 cm³/mol. The van der Waals surface area contributed by atoms with E-state index < -0.39 is 0 Å². The number of carbonyl (C=O) groups excluding carboxylic acids is 1. The summed E-state index contributed by atoms with van der Waals surface area (Å²) in [6.07, 6.45) is 2.87. The summed E-state index contributed by atoms with van der Waals surface area (Å²) >= 11 is 0. The van der Waals surface area contributed by atoms with E-state index in [1.165, 1.54) is 0 Å². The topological polar surface area (TPSA) is 20.3 Å². The molecule has 0 aromatic heterocycles. The van der Waals surface area contributed by atoms with E-state index >= 15 is 0 Å². The molecule has 0 spiro atoms. The standard InChI is InChI=1S/C8H13NO/c1-7(2)9-6-4-3-5-8(9)10/h1,3-6H2,2H3. The average Bonchev–Trinajstić information content (AvgIpc) is 1.88. The zero-order valence-corrected chi connectivity index (χ0v) is 6.39. The van der Waals surface area contributed by atoms with Crippen LogP contribution in [0, 0.1) is 0 Å². The predicted octanol–water partition coefficient (Wildman–Crippen LogP) is 1.53. The molecule has 1 fully saturated rings. The van der Waals surface area contributed by atoms with Crippen LogP contribution in [0.25, 0.3) is 0 Å². The molecule has 0 aromatic carbocycles. The van der Waals surface area contributed by atoms with E-state index in [2.05, 4.69) is 6.58 Å². The zero-order chi connectivity index (χ0) is 7.56. The Hall–Kier alpha value is -0.790. The summed E-state index contributed by atoms with van der Waals surface area (Å²) in [6, 6.07) is 0. The van der Waals surface area contributed by atoms with Gasteiger partial charge in [-0.1, -0.05) is 6.58 Å². The highest BCUT2D eigenvalue weighted by molar-refractivity contribution is 5.78. The van der Waals surface area contributed by atoms with Gasteiger partial charge < -0.3 is 4.90 Å². The van der Waals surface area contributed by atoms with Crippen LogP contribution in [0.15, 0.2) is 12.3 Å². The molecular formula is C8H13NO. The molecule has 1 aliphatic heterocycles. The minimum atomic E-state index is 0.235. The highest BCUT2D eigenvalue weighted by atomic mass is 16.2. The lowest BCUT2D eigenvalue weighted by Gasteiger charge is -2.26. The normalized spacial score (nSPS) is 19.3. The quantitative estimate of drug-likeness (QED) is 0.539. The lowest BCUT2D eigenvalue weighted by atomic mass is 10.1. The van der Waals surface area contributed by atoms with Crippen LogP contribution in [-0.2, 0) is 4.79 Å². The molecule has 2 nitrogen and oxygen atoms in total. The van der Waals surface area contributed by atoms with Gasteiger partial charge in [-0.25, -0.2) is 0 Å². The second-order valence-electron chi connectivity index (χ2n) is 2.74. The molecule has 0 aliphatic carbocycles. The van der Waals surface area contributed by atoms with Crippen molar-refractivity contribution in [2.45, 2.75) is 26.2 Å². The van der Waals surface area contributed by atoms with Crippen molar-refractivity contribution in [2.75, 3.05) is 6.54 Å². The van der Waals surface area contributed by atoms with E-state index in [0.29, 0.717) is 6.42 Å². The molecule has 0 radical (unpaired) electrons. The third-order valence-corrected chi connectivity index (χ3v) is 1.78. The SMILES string of the molecule is C=C(C)N1CCCCC1=O. The minimum Gasteiger partial charge on any atom is -0.317 e. The molecule has 1 rings (SSSR count). The van der Waals surface area contributed by atoms with Crippen molar-refractivity contribution in [3.05, 3.63) is 12.3 Å². The molecule has 0 bridgehead atoms. The van der Waals surface area contributed by atoms with Crippen molar-refractivity contribution in [1.29, 1.82) is 0 Å². The van der Waals surface area contributed by atoms with Gasteiger partial charge in [0.05, 0.1) is 0 Å². The van der Waals surface area contributed by atoms with E-state index in [1.807, 2.05) is 6.92 Å². The Morgan fingerprint density at radius 1 is 1.60 bits per heavy atom. The maximum atomic E-state index is 11.1. The summed E-state index contributed by atoms with van der Waals surface area (Å²) in [4.78, 5) is 12.9. The van der Waals surface area contributed by atoms with Crippen molar-refractivity contribution < 1.29 is 4.79 Å². The lowest BCUT2D eigenvalue weighted by molar-refractivity contribution is -0.131. The van der Waals surface area contributed by atoms with Crippen molar-refractivity contribution in [1.82, 2.24) is 4.90 Å². The number of amides is 1. The summed E-state index contributed by atoms with van der Waals surface area (Å²) in [6.45, 7) is 6.48. The molecule has 10 heavy (non-hydrogen) atoms. The van der Waals surface area contributed by atoms with Gasteiger partial charge in [0.2, 0.25) is 5.91 Å². The summed E-state index contributed by atoms with van der Waals surface area (Å²) in [5, 5.41) is 0. The van der Waals surface area contributed by atoms with E-state index in [0.717, 1.165) is 25.1 Å². The highest BCUT2D eigenvalue weighted by Crippen LogP contribution is 2.13. The first kappa shape index (κ1) is 7.32. The molecular weight excluding hydrogens is 126 g/mol. The monoisotopic (exact) mass is 139 g/mol. The van der Waals surface area contributed by atoms with Gasteiger partial charge in [-0.05, 0) is 19.8 Å². The Bertz CT molecular complexity index is 163. The van der Waals surface area contributed by atoms with Gasteiger partial charge >= 0.3 is 0 Å². The van der Waals surface area contributed by atoms with Crippen LogP contribution >= 0.6 is 0 Å². The molecule has 0 N–H and O–H groups in total. The van der Waals surface area contributed by atoms with Crippen LogP contribution in [0.1, 0.15) is 26.2 Å². The first-order valence-electron chi connectivity index (χ1n) is 3.67. The summed E-state index contributed by atoms with van der Waals surface area (Å²) in [5.74, 6) is 0.235. The Kier molecular flexibility index (Phi) is 2.10. The number of allylic oxidation sites excluding steroid dienone is 1. The van der Waals surface area contributed by atoms with Gasteiger partial charge in [0.25, 0.3) is 0 Å². The number of likely N-dealkylation sites (tertiary alicyclic amines) is 1.